The zero-order valence-corrected chi connectivity index (χ0v) is 16.7. The Morgan fingerprint density at radius 3 is 2.52 bits per heavy atom. The van der Waals surface area contributed by atoms with Crippen LogP contribution < -0.4 is 5.63 Å². The molecule has 2 aliphatic rings. The van der Waals surface area contributed by atoms with Crippen LogP contribution in [0.2, 0.25) is 0 Å². The molecule has 2 saturated heterocycles. The molecule has 1 unspecified atom stereocenters. The van der Waals surface area contributed by atoms with Gasteiger partial charge in [0.1, 0.15) is 17.1 Å². The summed E-state index contributed by atoms with van der Waals surface area (Å²) in [5, 5.41) is 0. The molecule has 154 valence electrons. The average Bonchev–Trinajstić information content (AvgIpc) is 3.24. The lowest BCUT2D eigenvalue weighted by molar-refractivity contribution is 0.0684. The third-order valence-electron chi connectivity index (χ3n) is 6.05. The SMILES string of the molecule is Cc1cc(C2CCOC2)oc(=O)c1C(=O)N1CCC(Cc2ccc(F)cc2)CC1. The van der Waals surface area contributed by atoms with Crippen molar-refractivity contribution in [2.75, 3.05) is 26.3 Å². The Labute approximate surface area is 169 Å². The van der Waals surface area contributed by atoms with Crippen molar-refractivity contribution in [1.82, 2.24) is 4.90 Å². The highest BCUT2D eigenvalue weighted by Gasteiger charge is 2.29. The van der Waals surface area contributed by atoms with E-state index in [1.165, 1.54) is 12.1 Å². The summed E-state index contributed by atoms with van der Waals surface area (Å²) in [7, 11) is 0. The molecule has 0 bridgehead atoms. The van der Waals surface area contributed by atoms with Crippen molar-refractivity contribution in [3.05, 3.63) is 69.0 Å². The monoisotopic (exact) mass is 399 g/mol. The number of likely N-dealkylation sites (tertiary alicyclic amines) is 1. The molecule has 0 spiro atoms. The Morgan fingerprint density at radius 2 is 1.90 bits per heavy atom. The standard InChI is InChI=1S/C23H26FNO4/c1-15-12-20(18-8-11-28-14-18)29-23(27)21(15)22(26)25-9-6-17(7-10-25)13-16-2-4-19(24)5-3-16/h2-5,12,17-18H,6-11,13-14H2,1H3. The molecule has 6 heteroatoms. The number of carbonyl (C=O) groups is 1. The van der Waals surface area contributed by atoms with Crippen LogP contribution in [-0.2, 0) is 11.2 Å². The second-order valence-electron chi connectivity index (χ2n) is 8.12. The summed E-state index contributed by atoms with van der Waals surface area (Å²) in [6.45, 7) is 4.24. The largest absolute Gasteiger partial charge is 0.427 e. The van der Waals surface area contributed by atoms with E-state index in [4.69, 9.17) is 9.15 Å². The fourth-order valence-corrected chi connectivity index (χ4v) is 4.30. The third kappa shape index (κ3) is 4.42. The van der Waals surface area contributed by atoms with Crippen molar-refractivity contribution >= 4 is 5.91 Å². The number of carbonyl (C=O) groups excluding carboxylic acids is 1. The molecule has 1 atom stereocenters. The van der Waals surface area contributed by atoms with Gasteiger partial charge in [0.15, 0.2) is 0 Å². The normalized spacial score (nSPS) is 20.2. The summed E-state index contributed by atoms with van der Waals surface area (Å²) in [6, 6.07) is 8.42. The van der Waals surface area contributed by atoms with Crippen LogP contribution in [0.4, 0.5) is 4.39 Å². The Morgan fingerprint density at radius 1 is 1.17 bits per heavy atom. The minimum atomic E-state index is -0.551. The van der Waals surface area contributed by atoms with Crippen molar-refractivity contribution in [1.29, 1.82) is 0 Å². The summed E-state index contributed by atoms with van der Waals surface area (Å²) >= 11 is 0. The van der Waals surface area contributed by atoms with Gasteiger partial charge in [-0.05, 0) is 67.9 Å². The summed E-state index contributed by atoms with van der Waals surface area (Å²) in [5.41, 5.74) is 1.37. The van der Waals surface area contributed by atoms with E-state index in [0.717, 1.165) is 31.2 Å². The van der Waals surface area contributed by atoms with Crippen LogP contribution in [0.1, 0.15) is 52.4 Å². The van der Waals surface area contributed by atoms with Crippen molar-refractivity contribution < 1.29 is 18.3 Å². The average molecular weight is 399 g/mol. The zero-order valence-electron chi connectivity index (χ0n) is 16.7. The van der Waals surface area contributed by atoms with Crippen molar-refractivity contribution in [2.45, 2.75) is 38.5 Å². The maximum atomic E-state index is 13.1. The van der Waals surface area contributed by atoms with E-state index in [1.54, 1.807) is 11.8 Å². The van der Waals surface area contributed by atoms with Crippen LogP contribution >= 0.6 is 0 Å². The Kier molecular flexibility index (Phi) is 5.81. The minimum absolute atomic E-state index is 0.0905. The number of hydrogen-bond donors (Lipinski definition) is 0. The number of halogens is 1. The molecule has 0 saturated carbocycles. The highest BCUT2D eigenvalue weighted by Crippen LogP contribution is 2.27. The predicted molar refractivity (Wildman–Crippen MR) is 107 cm³/mol. The predicted octanol–water partition coefficient (Wildman–Crippen LogP) is 3.69. The topological polar surface area (TPSA) is 59.8 Å². The Hall–Kier alpha value is -2.47. The van der Waals surface area contributed by atoms with E-state index in [-0.39, 0.29) is 23.2 Å². The van der Waals surface area contributed by atoms with Crippen LogP contribution in [0.5, 0.6) is 0 Å². The first-order valence-corrected chi connectivity index (χ1v) is 10.3. The number of aryl methyl sites for hydroxylation is 1. The molecule has 1 aromatic carbocycles. The number of ether oxygens (including phenoxy) is 1. The lowest BCUT2D eigenvalue weighted by Crippen LogP contribution is -2.41. The van der Waals surface area contributed by atoms with Crippen LogP contribution in [-0.4, -0.2) is 37.1 Å². The second-order valence-corrected chi connectivity index (χ2v) is 8.12. The van der Waals surface area contributed by atoms with E-state index in [1.807, 2.05) is 18.2 Å². The van der Waals surface area contributed by atoms with E-state index < -0.39 is 5.63 Å². The molecule has 4 rings (SSSR count). The van der Waals surface area contributed by atoms with Crippen LogP contribution in [0, 0.1) is 18.7 Å². The molecule has 3 heterocycles. The van der Waals surface area contributed by atoms with Gasteiger partial charge in [-0.25, -0.2) is 9.18 Å². The molecular weight excluding hydrogens is 373 g/mol. The maximum absolute atomic E-state index is 13.1. The molecule has 1 aromatic heterocycles. The third-order valence-corrected chi connectivity index (χ3v) is 6.05. The van der Waals surface area contributed by atoms with E-state index in [2.05, 4.69) is 0 Å². The van der Waals surface area contributed by atoms with Gasteiger partial charge in [0, 0.05) is 25.6 Å². The van der Waals surface area contributed by atoms with Gasteiger partial charge in [-0.15, -0.1) is 0 Å². The quantitative estimate of drug-likeness (QED) is 0.787. The lowest BCUT2D eigenvalue weighted by Gasteiger charge is -2.32. The molecule has 29 heavy (non-hydrogen) atoms. The maximum Gasteiger partial charge on any atom is 0.349 e. The van der Waals surface area contributed by atoms with Gasteiger partial charge in [0.05, 0.1) is 6.61 Å². The first-order valence-electron chi connectivity index (χ1n) is 10.3. The van der Waals surface area contributed by atoms with E-state index in [9.17, 15) is 14.0 Å². The number of rotatable bonds is 4. The smallest absolute Gasteiger partial charge is 0.349 e. The molecule has 0 aliphatic carbocycles. The summed E-state index contributed by atoms with van der Waals surface area (Å²) in [5.74, 6) is 0.680. The highest BCUT2D eigenvalue weighted by molar-refractivity contribution is 5.95. The molecule has 0 radical (unpaired) electrons. The number of nitrogens with zero attached hydrogens (tertiary/aromatic N) is 1. The van der Waals surface area contributed by atoms with Gasteiger partial charge in [-0.3, -0.25) is 4.79 Å². The number of benzene rings is 1. The van der Waals surface area contributed by atoms with Crippen molar-refractivity contribution in [3.8, 4) is 0 Å². The van der Waals surface area contributed by atoms with Crippen LogP contribution in [0.25, 0.3) is 0 Å². The lowest BCUT2D eigenvalue weighted by atomic mass is 9.90. The van der Waals surface area contributed by atoms with Gasteiger partial charge in [0.25, 0.3) is 5.91 Å². The molecular formula is C23H26FNO4. The van der Waals surface area contributed by atoms with Gasteiger partial charge in [-0.1, -0.05) is 12.1 Å². The summed E-state index contributed by atoms with van der Waals surface area (Å²) in [6.07, 6.45) is 3.44. The molecule has 2 fully saturated rings. The van der Waals surface area contributed by atoms with Crippen molar-refractivity contribution in [2.24, 2.45) is 5.92 Å². The Balaban J connectivity index is 1.40. The first kappa shape index (κ1) is 19.8. The second kappa shape index (κ2) is 8.49. The van der Waals surface area contributed by atoms with Gasteiger partial charge in [-0.2, -0.15) is 0 Å². The highest BCUT2D eigenvalue weighted by atomic mass is 19.1. The van der Waals surface area contributed by atoms with Gasteiger partial charge < -0.3 is 14.1 Å². The summed E-state index contributed by atoms with van der Waals surface area (Å²) in [4.78, 5) is 27.3. The number of hydrogen-bond acceptors (Lipinski definition) is 4. The minimum Gasteiger partial charge on any atom is -0.427 e. The van der Waals surface area contributed by atoms with Crippen molar-refractivity contribution in [3.63, 3.8) is 0 Å². The molecule has 5 nitrogen and oxygen atoms in total. The van der Waals surface area contributed by atoms with Crippen LogP contribution in [0.3, 0.4) is 0 Å². The Bertz CT molecular complexity index is 923. The zero-order chi connectivity index (χ0) is 20.4. The van der Waals surface area contributed by atoms with Gasteiger partial charge >= 0.3 is 5.63 Å². The first-order chi connectivity index (χ1) is 14.0. The van der Waals surface area contributed by atoms with Gasteiger partial charge in [0.2, 0.25) is 0 Å². The fraction of sp³-hybridized carbons (Fsp3) is 0.478. The molecule has 2 aliphatic heterocycles. The number of piperidine rings is 1. The summed E-state index contributed by atoms with van der Waals surface area (Å²) < 4.78 is 23.9. The van der Waals surface area contributed by atoms with Crippen LogP contribution in [0.15, 0.2) is 39.5 Å². The molecule has 0 N–H and O–H groups in total. The van der Waals surface area contributed by atoms with E-state index in [0.29, 0.717) is 43.5 Å². The van der Waals surface area contributed by atoms with E-state index >= 15 is 0 Å². The number of amides is 1. The molecule has 1 amide bonds. The fourth-order valence-electron chi connectivity index (χ4n) is 4.30. The molecule has 2 aromatic rings.